The Kier molecular flexibility index (Phi) is 6.91. The summed E-state index contributed by atoms with van der Waals surface area (Å²) in [6, 6.07) is 16.3. The van der Waals surface area contributed by atoms with E-state index in [2.05, 4.69) is 20.7 Å². The van der Waals surface area contributed by atoms with Crippen molar-refractivity contribution in [1.29, 1.82) is 0 Å². The fraction of sp³-hybridized carbons (Fsp3) is 0.200. The van der Waals surface area contributed by atoms with E-state index in [4.69, 9.17) is 4.74 Å². The third-order valence-corrected chi connectivity index (χ3v) is 5.45. The third kappa shape index (κ3) is 5.06. The second kappa shape index (κ2) is 10.2. The molecule has 0 saturated heterocycles. The highest BCUT2D eigenvalue weighted by molar-refractivity contribution is 6.01. The predicted octanol–water partition coefficient (Wildman–Crippen LogP) is 5.04. The molecule has 0 aliphatic carbocycles. The number of hydrogen-bond donors (Lipinski definition) is 2. The van der Waals surface area contributed by atoms with Gasteiger partial charge in [-0.05, 0) is 49.7 Å². The molecule has 0 aliphatic rings. The second-order valence-electron chi connectivity index (χ2n) is 7.75. The highest BCUT2D eigenvalue weighted by atomic mass is 19.1. The SMILES string of the molecule is CCN(C(=O)OC)c1nc(NC(=O)N[C@H](C)c2ccccc2)cc2cnn(-c3ccc(F)cc3)c12. The van der Waals surface area contributed by atoms with E-state index in [1.165, 1.54) is 24.1 Å². The predicted molar refractivity (Wildman–Crippen MR) is 131 cm³/mol. The van der Waals surface area contributed by atoms with Crippen LogP contribution in [0.5, 0.6) is 0 Å². The molecule has 0 saturated carbocycles. The van der Waals surface area contributed by atoms with Gasteiger partial charge in [0.2, 0.25) is 0 Å². The number of benzene rings is 2. The molecule has 0 radical (unpaired) electrons. The van der Waals surface area contributed by atoms with Crippen molar-refractivity contribution in [2.24, 2.45) is 0 Å². The molecular formula is C25H25FN6O3. The van der Waals surface area contributed by atoms with E-state index >= 15 is 0 Å². The van der Waals surface area contributed by atoms with Gasteiger partial charge in [-0.1, -0.05) is 30.3 Å². The Morgan fingerprint density at radius 3 is 2.51 bits per heavy atom. The minimum absolute atomic E-state index is 0.228. The Balaban J connectivity index is 1.72. The molecule has 35 heavy (non-hydrogen) atoms. The summed E-state index contributed by atoms with van der Waals surface area (Å²) in [6.45, 7) is 3.90. The van der Waals surface area contributed by atoms with Gasteiger partial charge in [0, 0.05) is 11.9 Å². The molecule has 0 spiro atoms. The molecule has 180 valence electrons. The number of anilines is 2. The molecule has 0 aliphatic heterocycles. The zero-order valence-electron chi connectivity index (χ0n) is 19.5. The summed E-state index contributed by atoms with van der Waals surface area (Å²) >= 11 is 0. The number of nitrogens with one attached hydrogen (secondary N) is 2. The third-order valence-electron chi connectivity index (χ3n) is 5.45. The normalized spacial score (nSPS) is 11.7. The molecule has 10 heteroatoms. The van der Waals surface area contributed by atoms with Gasteiger partial charge in [-0.25, -0.2) is 23.6 Å². The van der Waals surface area contributed by atoms with E-state index in [9.17, 15) is 14.0 Å². The number of ether oxygens (including phenoxy) is 1. The van der Waals surface area contributed by atoms with Gasteiger partial charge < -0.3 is 10.1 Å². The average Bonchev–Trinajstić information content (AvgIpc) is 3.29. The first-order valence-corrected chi connectivity index (χ1v) is 11.0. The number of urea groups is 1. The van der Waals surface area contributed by atoms with Crippen LogP contribution in [-0.2, 0) is 4.74 Å². The number of aromatic nitrogens is 3. The Bertz CT molecular complexity index is 1340. The standard InChI is InChI=1S/C25H25FN6O3/c1-4-31(25(34)35-3)23-22-18(15-27-32(22)20-12-10-19(26)11-13-20)14-21(29-23)30-24(33)28-16(2)17-8-6-5-7-9-17/h5-16H,4H2,1-3H3,(H2,28,29,30,33)/t16-/m1/s1. The Hall–Kier alpha value is -4.47. The van der Waals surface area contributed by atoms with Crippen molar-refractivity contribution in [3.05, 3.63) is 78.2 Å². The lowest BCUT2D eigenvalue weighted by Gasteiger charge is -2.21. The molecule has 2 aromatic heterocycles. The number of methoxy groups -OCH3 is 1. The summed E-state index contributed by atoms with van der Waals surface area (Å²) in [4.78, 5) is 31.1. The minimum Gasteiger partial charge on any atom is -0.452 e. The molecule has 9 nitrogen and oxygen atoms in total. The molecule has 0 bridgehead atoms. The lowest BCUT2D eigenvalue weighted by Crippen LogP contribution is -2.33. The van der Waals surface area contributed by atoms with Crippen LogP contribution in [-0.4, -0.2) is 40.5 Å². The number of fused-ring (bicyclic) bond motifs is 1. The molecule has 2 N–H and O–H groups in total. The highest BCUT2D eigenvalue weighted by Crippen LogP contribution is 2.30. The van der Waals surface area contributed by atoms with Crippen molar-refractivity contribution in [2.75, 3.05) is 23.9 Å². The van der Waals surface area contributed by atoms with E-state index in [1.54, 1.807) is 36.0 Å². The van der Waals surface area contributed by atoms with E-state index < -0.39 is 12.1 Å². The molecule has 2 aromatic carbocycles. The molecule has 4 aromatic rings. The van der Waals surface area contributed by atoms with Crippen molar-refractivity contribution in [2.45, 2.75) is 19.9 Å². The molecule has 1 atom stereocenters. The van der Waals surface area contributed by atoms with Crippen LogP contribution < -0.4 is 15.5 Å². The van der Waals surface area contributed by atoms with Crippen LogP contribution in [0.3, 0.4) is 0 Å². The maximum absolute atomic E-state index is 13.5. The van der Waals surface area contributed by atoms with Crippen LogP contribution in [0.15, 0.2) is 66.9 Å². The largest absolute Gasteiger partial charge is 0.452 e. The molecule has 2 heterocycles. The van der Waals surface area contributed by atoms with Gasteiger partial charge in [-0.2, -0.15) is 5.10 Å². The number of rotatable bonds is 6. The lowest BCUT2D eigenvalue weighted by atomic mass is 10.1. The first kappa shape index (κ1) is 23.7. The number of halogens is 1. The van der Waals surface area contributed by atoms with E-state index in [0.717, 1.165) is 5.56 Å². The molecule has 4 rings (SSSR count). The van der Waals surface area contributed by atoms with Crippen molar-refractivity contribution in [1.82, 2.24) is 20.1 Å². The maximum Gasteiger partial charge on any atom is 0.415 e. The summed E-state index contributed by atoms with van der Waals surface area (Å²) in [5, 5.41) is 10.6. The van der Waals surface area contributed by atoms with Gasteiger partial charge in [-0.3, -0.25) is 10.2 Å². The smallest absolute Gasteiger partial charge is 0.415 e. The van der Waals surface area contributed by atoms with Crippen LogP contribution in [0, 0.1) is 5.82 Å². The van der Waals surface area contributed by atoms with Gasteiger partial charge in [0.15, 0.2) is 5.82 Å². The monoisotopic (exact) mass is 476 g/mol. The highest BCUT2D eigenvalue weighted by Gasteiger charge is 2.23. The quantitative estimate of drug-likeness (QED) is 0.406. The van der Waals surface area contributed by atoms with Gasteiger partial charge >= 0.3 is 12.1 Å². The molecule has 0 fully saturated rings. The lowest BCUT2D eigenvalue weighted by molar-refractivity contribution is 0.179. The van der Waals surface area contributed by atoms with Crippen molar-refractivity contribution >= 4 is 34.7 Å². The number of carbonyl (C=O) groups is 2. The molecule has 0 unspecified atom stereocenters. The number of nitrogens with zero attached hydrogens (tertiary/aromatic N) is 4. The number of carbonyl (C=O) groups excluding carboxylic acids is 2. The maximum atomic E-state index is 13.5. The average molecular weight is 477 g/mol. The van der Waals surface area contributed by atoms with E-state index in [0.29, 0.717) is 16.6 Å². The summed E-state index contributed by atoms with van der Waals surface area (Å²) < 4.78 is 20.0. The Morgan fingerprint density at radius 1 is 1.14 bits per heavy atom. The van der Waals surface area contributed by atoms with Crippen molar-refractivity contribution in [3.63, 3.8) is 0 Å². The van der Waals surface area contributed by atoms with Crippen molar-refractivity contribution in [3.8, 4) is 5.69 Å². The Labute approximate surface area is 201 Å². The molecular weight excluding hydrogens is 451 g/mol. The number of hydrogen-bond acceptors (Lipinski definition) is 5. The van der Waals surface area contributed by atoms with Gasteiger partial charge in [-0.15, -0.1) is 0 Å². The Morgan fingerprint density at radius 2 is 1.86 bits per heavy atom. The van der Waals surface area contributed by atoms with Gasteiger partial charge in [0.1, 0.15) is 17.2 Å². The summed E-state index contributed by atoms with van der Waals surface area (Å²) in [6.07, 6.45) is 0.970. The molecule has 3 amide bonds. The van der Waals surface area contributed by atoms with E-state index in [1.807, 2.05) is 37.3 Å². The first-order valence-electron chi connectivity index (χ1n) is 11.0. The van der Waals surface area contributed by atoms with Crippen LogP contribution in [0.1, 0.15) is 25.5 Å². The van der Waals surface area contributed by atoms with Crippen LogP contribution in [0.2, 0.25) is 0 Å². The summed E-state index contributed by atoms with van der Waals surface area (Å²) in [7, 11) is 1.28. The zero-order chi connectivity index (χ0) is 24.9. The summed E-state index contributed by atoms with van der Waals surface area (Å²) in [5.74, 6) is 0.0897. The van der Waals surface area contributed by atoms with E-state index in [-0.39, 0.29) is 30.0 Å². The van der Waals surface area contributed by atoms with Crippen LogP contribution in [0.25, 0.3) is 16.6 Å². The van der Waals surface area contributed by atoms with Crippen molar-refractivity contribution < 1.29 is 18.7 Å². The first-order chi connectivity index (χ1) is 16.9. The summed E-state index contributed by atoms with van der Waals surface area (Å²) in [5.41, 5.74) is 2.04. The minimum atomic E-state index is -0.618. The zero-order valence-corrected chi connectivity index (χ0v) is 19.5. The van der Waals surface area contributed by atoms with Crippen LogP contribution >= 0.6 is 0 Å². The fourth-order valence-corrected chi connectivity index (χ4v) is 3.72. The second-order valence-corrected chi connectivity index (χ2v) is 7.75. The number of pyridine rings is 1. The number of amides is 3. The van der Waals surface area contributed by atoms with Crippen LogP contribution in [0.4, 0.5) is 25.6 Å². The topological polar surface area (TPSA) is 101 Å². The van der Waals surface area contributed by atoms with Gasteiger partial charge in [0.25, 0.3) is 0 Å². The van der Waals surface area contributed by atoms with Gasteiger partial charge in [0.05, 0.1) is 25.0 Å². The fourth-order valence-electron chi connectivity index (χ4n) is 3.72.